The molecule has 5 nitrogen and oxygen atoms in total. The number of anilines is 1. The van der Waals surface area contributed by atoms with E-state index < -0.39 is 0 Å². The first-order valence-electron chi connectivity index (χ1n) is 9.85. The van der Waals surface area contributed by atoms with Crippen LogP contribution in [0.5, 0.6) is 5.75 Å². The van der Waals surface area contributed by atoms with E-state index in [-0.39, 0.29) is 11.8 Å². The molecule has 1 heterocycles. The van der Waals surface area contributed by atoms with E-state index in [1.807, 2.05) is 60.7 Å². The lowest BCUT2D eigenvalue weighted by Crippen LogP contribution is -2.40. The summed E-state index contributed by atoms with van der Waals surface area (Å²) in [7, 11) is 1.62. The molecule has 1 aliphatic rings. The monoisotopic (exact) mass is 406 g/mol. The summed E-state index contributed by atoms with van der Waals surface area (Å²) < 4.78 is 5.18. The number of carbonyl (C=O) groups excluding carboxylic acids is 2. The van der Waals surface area contributed by atoms with Crippen molar-refractivity contribution in [3.8, 4) is 5.75 Å². The van der Waals surface area contributed by atoms with Crippen LogP contribution in [0.25, 0.3) is 10.8 Å². The number of methoxy groups -OCH3 is 1. The molecule has 0 atom stereocenters. The molecule has 0 saturated heterocycles. The van der Waals surface area contributed by atoms with E-state index in [2.05, 4.69) is 4.99 Å². The molecule has 4 aromatic rings. The van der Waals surface area contributed by atoms with Gasteiger partial charge in [0.1, 0.15) is 5.75 Å². The Labute approximate surface area is 179 Å². The molecule has 2 amide bonds. The molecule has 0 fully saturated rings. The van der Waals surface area contributed by atoms with Crippen molar-refractivity contribution in [3.05, 3.63) is 102 Å². The topological polar surface area (TPSA) is 59.0 Å². The van der Waals surface area contributed by atoms with Crippen LogP contribution < -0.4 is 9.64 Å². The van der Waals surface area contributed by atoms with Gasteiger partial charge in [-0.25, -0.2) is 4.90 Å². The summed E-state index contributed by atoms with van der Waals surface area (Å²) in [4.78, 5) is 32.3. The average molecular weight is 406 g/mol. The SMILES string of the molecule is COc1ccc(C=Nc2ccc3c4c(cccc24)C(=O)N(c2ccccc2)C3=O)cc1. The van der Waals surface area contributed by atoms with Crippen molar-refractivity contribution in [2.45, 2.75) is 0 Å². The lowest BCUT2D eigenvalue weighted by atomic mass is 9.92. The summed E-state index contributed by atoms with van der Waals surface area (Å²) in [6, 6.07) is 25.6. The van der Waals surface area contributed by atoms with E-state index in [0.29, 0.717) is 27.9 Å². The molecule has 0 N–H and O–H groups in total. The van der Waals surface area contributed by atoms with Crippen molar-refractivity contribution in [3.63, 3.8) is 0 Å². The quantitative estimate of drug-likeness (QED) is 0.337. The van der Waals surface area contributed by atoms with Gasteiger partial charge in [-0.1, -0.05) is 30.3 Å². The highest BCUT2D eigenvalue weighted by Gasteiger charge is 2.34. The van der Waals surface area contributed by atoms with Gasteiger partial charge >= 0.3 is 0 Å². The molecule has 0 bridgehead atoms. The number of rotatable bonds is 4. The van der Waals surface area contributed by atoms with Crippen LogP contribution in [0.2, 0.25) is 0 Å². The minimum atomic E-state index is -0.328. The molecule has 0 spiro atoms. The first kappa shape index (κ1) is 18.8. The van der Waals surface area contributed by atoms with E-state index >= 15 is 0 Å². The summed E-state index contributed by atoms with van der Waals surface area (Å²) >= 11 is 0. The van der Waals surface area contributed by atoms with E-state index in [1.54, 1.807) is 37.6 Å². The molecule has 150 valence electrons. The van der Waals surface area contributed by atoms with Crippen molar-refractivity contribution < 1.29 is 14.3 Å². The van der Waals surface area contributed by atoms with Crippen LogP contribution in [0, 0.1) is 0 Å². The Morgan fingerprint density at radius 2 is 1.48 bits per heavy atom. The summed E-state index contributed by atoms with van der Waals surface area (Å²) in [6.07, 6.45) is 1.76. The molecule has 5 rings (SSSR count). The zero-order valence-corrected chi connectivity index (χ0v) is 16.8. The Morgan fingerprint density at radius 1 is 0.774 bits per heavy atom. The Balaban J connectivity index is 1.60. The van der Waals surface area contributed by atoms with E-state index in [1.165, 1.54) is 4.90 Å². The highest BCUT2D eigenvalue weighted by molar-refractivity contribution is 6.36. The van der Waals surface area contributed by atoms with Crippen LogP contribution in [-0.4, -0.2) is 25.1 Å². The second kappa shape index (κ2) is 7.54. The van der Waals surface area contributed by atoms with Gasteiger partial charge in [-0.05, 0) is 60.2 Å². The van der Waals surface area contributed by atoms with Gasteiger partial charge in [0.2, 0.25) is 0 Å². The predicted molar refractivity (Wildman–Crippen MR) is 122 cm³/mol. The number of para-hydroxylation sites is 1. The van der Waals surface area contributed by atoms with Crippen molar-refractivity contribution in [2.24, 2.45) is 4.99 Å². The van der Waals surface area contributed by atoms with Gasteiger partial charge in [0.05, 0.1) is 18.5 Å². The van der Waals surface area contributed by atoms with Gasteiger partial charge in [0.15, 0.2) is 0 Å². The molecule has 0 unspecified atom stereocenters. The maximum atomic E-state index is 13.2. The number of imide groups is 1. The van der Waals surface area contributed by atoms with Crippen LogP contribution in [0.1, 0.15) is 26.3 Å². The number of aliphatic imine (C=N–C) groups is 1. The van der Waals surface area contributed by atoms with Crippen molar-refractivity contribution in [2.75, 3.05) is 12.0 Å². The third kappa shape index (κ3) is 3.16. The summed E-state index contributed by atoms with van der Waals surface area (Å²) in [5, 5.41) is 1.42. The highest BCUT2D eigenvalue weighted by atomic mass is 16.5. The molecule has 0 aromatic heterocycles. The molecular weight excluding hydrogens is 388 g/mol. The average Bonchev–Trinajstić information content (AvgIpc) is 2.82. The Morgan fingerprint density at radius 3 is 2.19 bits per heavy atom. The Hall–Kier alpha value is -4.25. The molecule has 0 radical (unpaired) electrons. The Kier molecular flexibility index (Phi) is 4.56. The van der Waals surface area contributed by atoms with E-state index in [0.717, 1.165) is 16.7 Å². The molecule has 4 aromatic carbocycles. The zero-order valence-electron chi connectivity index (χ0n) is 16.8. The number of ether oxygens (including phenoxy) is 1. The first-order chi connectivity index (χ1) is 15.2. The third-order valence-corrected chi connectivity index (χ3v) is 5.37. The minimum Gasteiger partial charge on any atom is -0.497 e. The second-order valence-electron chi connectivity index (χ2n) is 7.17. The van der Waals surface area contributed by atoms with Crippen LogP contribution in [0.3, 0.4) is 0 Å². The number of carbonyl (C=O) groups is 2. The molecule has 5 heteroatoms. The van der Waals surface area contributed by atoms with Crippen LogP contribution >= 0.6 is 0 Å². The van der Waals surface area contributed by atoms with Gasteiger partial charge in [0, 0.05) is 28.1 Å². The molecule has 1 aliphatic heterocycles. The standard InChI is InChI=1S/C26H18N2O3/c1-31-19-12-10-17(11-13-19)16-27-23-15-14-22-24-20(23)8-5-9-21(24)25(29)28(26(22)30)18-6-3-2-4-7-18/h2-16H,1H3. The number of benzene rings is 4. The second-order valence-corrected chi connectivity index (χ2v) is 7.17. The zero-order chi connectivity index (χ0) is 21.4. The molecular formula is C26H18N2O3. The first-order valence-corrected chi connectivity index (χ1v) is 9.85. The third-order valence-electron chi connectivity index (χ3n) is 5.37. The maximum Gasteiger partial charge on any atom is 0.265 e. The van der Waals surface area contributed by atoms with Crippen molar-refractivity contribution in [1.29, 1.82) is 0 Å². The van der Waals surface area contributed by atoms with E-state index in [9.17, 15) is 9.59 Å². The number of amides is 2. The van der Waals surface area contributed by atoms with Gasteiger partial charge < -0.3 is 4.74 Å². The van der Waals surface area contributed by atoms with Gasteiger partial charge in [0.25, 0.3) is 11.8 Å². The lowest BCUT2D eigenvalue weighted by Gasteiger charge is -2.27. The van der Waals surface area contributed by atoms with Gasteiger partial charge in [-0.15, -0.1) is 0 Å². The van der Waals surface area contributed by atoms with Crippen molar-refractivity contribution >= 4 is 40.2 Å². The van der Waals surface area contributed by atoms with Crippen LogP contribution in [-0.2, 0) is 0 Å². The highest BCUT2D eigenvalue weighted by Crippen LogP contribution is 2.37. The minimum absolute atomic E-state index is 0.328. The molecule has 31 heavy (non-hydrogen) atoms. The van der Waals surface area contributed by atoms with Crippen LogP contribution in [0.15, 0.2) is 89.9 Å². The van der Waals surface area contributed by atoms with Gasteiger partial charge in [-0.3, -0.25) is 14.6 Å². The largest absolute Gasteiger partial charge is 0.497 e. The Bertz CT molecular complexity index is 1320. The maximum absolute atomic E-state index is 13.2. The molecule has 0 saturated carbocycles. The lowest BCUT2D eigenvalue weighted by molar-refractivity contribution is 0.0893. The number of hydrogen-bond acceptors (Lipinski definition) is 4. The number of hydrogen-bond donors (Lipinski definition) is 0. The fourth-order valence-electron chi connectivity index (χ4n) is 3.84. The predicted octanol–water partition coefficient (Wildman–Crippen LogP) is 5.40. The molecule has 0 aliphatic carbocycles. The van der Waals surface area contributed by atoms with Crippen molar-refractivity contribution in [1.82, 2.24) is 0 Å². The fraction of sp³-hybridized carbons (Fsp3) is 0.0385. The fourth-order valence-corrected chi connectivity index (χ4v) is 3.84. The summed E-state index contributed by atoms with van der Waals surface area (Å²) in [5.74, 6) is 0.120. The number of nitrogens with zero attached hydrogens (tertiary/aromatic N) is 2. The van der Waals surface area contributed by atoms with E-state index in [4.69, 9.17) is 4.74 Å². The smallest absolute Gasteiger partial charge is 0.265 e. The van der Waals surface area contributed by atoms with Crippen LogP contribution in [0.4, 0.5) is 11.4 Å². The summed E-state index contributed by atoms with van der Waals surface area (Å²) in [6.45, 7) is 0. The van der Waals surface area contributed by atoms with Gasteiger partial charge in [-0.2, -0.15) is 0 Å². The normalized spacial score (nSPS) is 13.3. The summed E-state index contributed by atoms with van der Waals surface area (Å²) in [5.41, 5.74) is 3.17.